The first kappa shape index (κ1) is 17.5. The van der Waals surface area contributed by atoms with E-state index < -0.39 is 0 Å². The van der Waals surface area contributed by atoms with Crippen LogP contribution < -0.4 is 4.74 Å². The minimum Gasteiger partial charge on any atom is -0.496 e. The second-order valence-corrected chi connectivity index (χ2v) is 6.76. The zero-order valence-corrected chi connectivity index (χ0v) is 14.6. The topological polar surface area (TPSA) is 46.6 Å². The predicted molar refractivity (Wildman–Crippen MR) is 90.9 cm³/mol. The van der Waals surface area contributed by atoms with Crippen LogP contribution in [0.5, 0.6) is 5.75 Å². The number of ketones is 1. The zero-order chi connectivity index (χ0) is 17.0. The van der Waals surface area contributed by atoms with Crippen LogP contribution >= 0.6 is 0 Å². The molecule has 1 aromatic rings. The summed E-state index contributed by atoms with van der Waals surface area (Å²) in [7, 11) is 1.59. The molecule has 126 valence electrons. The molecule has 0 radical (unpaired) electrons. The lowest BCUT2D eigenvalue weighted by Crippen LogP contribution is -2.35. The van der Waals surface area contributed by atoms with Crippen molar-refractivity contribution in [2.75, 3.05) is 13.7 Å². The maximum Gasteiger partial charge on any atom is 0.227 e. The molecule has 0 atom stereocenters. The predicted octanol–water partition coefficient (Wildman–Crippen LogP) is 3.48. The summed E-state index contributed by atoms with van der Waals surface area (Å²) in [5.74, 6) is 1.38. The van der Waals surface area contributed by atoms with Gasteiger partial charge in [0.05, 0.1) is 13.5 Å². The van der Waals surface area contributed by atoms with E-state index in [9.17, 15) is 9.59 Å². The largest absolute Gasteiger partial charge is 0.496 e. The van der Waals surface area contributed by atoms with Gasteiger partial charge in [-0.05, 0) is 50.3 Å². The first-order valence-electron chi connectivity index (χ1n) is 8.39. The third kappa shape index (κ3) is 4.81. The quantitative estimate of drug-likeness (QED) is 0.690. The van der Waals surface area contributed by atoms with Crippen molar-refractivity contribution in [3.05, 3.63) is 29.3 Å². The number of ether oxygens (including phenoxy) is 1. The van der Waals surface area contributed by atoms with Crippen LogP contribution in [0, 0.1) is 5.92 Å². The molecule has 1 aliphatic rings. The maximum absolute atomic E-state index is 12.7. The highest BCUT2D eigenvalue weighted by Crippen LogP contribution is 2.29. The third-order valence-corrected chi connectivity index (χ3v) is 4.28. The van der Waals surface area contributed by atoms with Crippen LogP contribution in [0.25, 0.3) is 0 Å². The molecule has 0 spiro atoms. The van der Waals surface area contributed by atoms with Crippen molar-refractivity contribution in [2.24, 2.45) is 5.92 Å². The van der Waals surface area contributed by atoms with Gasteiger partial charge in [-0.1, -0.05) is 13.8 Å². The molecule has 0 saturated heterocycles. The van der Waals surface area contributed by atoms with Crippen molar-refractivity contribution in [2.45, 2.75) is 52.5 Å². The van der Waals surface area contributed by atoms with Gasteiger partial charge in [0.1, 0.15) is 5.75 Å². The normalized spacial score (nSPS) is 14.0. The van der Waals surface area contributed by atoms with E-state index >= 15 is 0 Å². The Labute approximate surface area is 138 Å². The van der Waals surface area contributed by atoms with Crippen LogP contribution in [-0.4, -0.2) is 36.3 Å². The van der Waals surface area contributed by atoms with Gasteiger partial charge in [-0.25, -0.2) is 0 Å². The Morgan fingerprint density at radius 2 is 2.00 bits per heavy atom. The molecule has 1 amide bonds. The summed E-state index contributed by atoms with van der Waals surface area (Å²) in [6.07, 6.45) is 3.52. The Morgan fingerprint density at radius 1 is 1.30 bits per heavy atom. The molecular formula is C19H27NO3. The average molecular weight is 317 g/mol. The number of benzene rings is 1. The van der Waals surface area contributed by atoms with Crippen LogP contribution in [0.15, 0.2) is 18.2 Å². The number of carbonyl (C=O) groups excluding carboxylic acids is 2. The highest BCUT2D eigenvalue weighted by atomic mass is 16.5. The van der Waals surface area contributed by atoms with Gasteiger partial charge in [-0.2, -0.15) is 0 Å². The smallest absolute Gasteiger partial charge is 0.227 e. The van der Waals surface area contributed by atoms with Crippen molar-refractivity contribution in [1.29, 1.82) is 0 Å². The lowest BCUT2D eigenvalue weighted by atomic mass is 10.0. The van der Waals surface area contributed by atoms with Gasteiger partial charge < -0.3 is 9.64 Å². The molecule has 0 aliphatic heterocycles. The number of Topliss-reactive ketones (excluding diaryl/α,β-unsaturated/α-hetero) is 1. The molecule has 1 aliphatic carbocycles. The van der Waals surface area contributed by atoms with Crippen LogP contribution in [0.1, 0.15) is 56.0 Å². The summed E-state index contributed by atoms with van der Waals surface area (Å²) in [6.45, 7) is 6.70. The van der Waals surface area contributed by atoms with Gasteiger partial charge in [0.15, 0.2) is 5.78 Å². The Hall–Kier alpha value is -1.84. The number of carbonyl (C=O) groups is 2. The number of methoxy groups -OCH3 is 1. The Bertz CT molecular complexity index is 576. The molecule has 23 heavy (non-hydrogen) atoms. The van der Waals surface area contributed by atoms with E-state index in [2.05, 4.69) is 13.8 Å². The van der Waals surface area contributed by atoms with E-state index in [-0.39, 0.29) is 11.7 Å². The lowest BCUT2D eigenvalue weighted by Gasteiger charge is -2.24. The summed E-state index contributed by atoms with van der Waals surface area (Å²) >= 11 is 0. The Kier molecular flexibility index (Phi) is 5.80. The summed E-state index contributed by atoms with van der Waals surface area (Å²) in [6, 6.07) is 5.71. The van der Waals surface area contributed by atoms with Crippen LogP contribution in [0.2, 0.25) is 0 Å². The molecular weight excluding hydrogens is 290 g/mol. The number of amides is 1. The monoisotopic (exact) mass is 317 g/mol. The average Bonchev–Trinajstić information content (AvgIpc) is 3.31. The van der Waals surface area contributed by atoms with E-state index in [1.807, 2.05) is 4.90 Å². The zero-order valence-electron chi connectivity index (χ0n) is 14.6. The van der Waals surface area contributed by atoms with Gasteiger partial charge >= 0.3 is 0 Å². The van der Waals surface area contributed by atoms with E-state index in [4.69, 9.17) is 4.74 Å². The van der Waals surface area contributed by atoms with Crippen LogP contribution in [-0.2, 0) is 11.2 Å². The first-order chi connectivity index (χ1) is 10.9. The molecule has 2 rings (SSSR count). The van der Waals surface area contributed by atoms with Crippen LogP contribution in [0.4, 0.5) is 0 Å². The van der Waals surface area contributed by atoms with E-state index in [1.54, 1.807) is 25.3 Å². The van der Waals surface area contributed by atoms with Crippen molar-refractivity contribution in [3.8, 4) is 5.75 Å². The van der Waals surface area contributed by atoms with E-state index in [0.29, 0.717) is 29.7 Å². The number of hydrogen-bond donors (Lipinski definition) is 0. The fourth-order valence-corrected chi connectivity index (χ4v) is 2.69. The third-order valence-electron chi connectivity index (χ3n) is 4.28. The second-order valence-electron chi connectivity index (χ2n) is 6.76. The highest BCUT2D eigenvalue weighted by molar-refractivity contribution is 5.94. The van der Waals surface area contributed by atoms with Crippen molar-refractivity contribution in [1.82, 2.24) is 4.90 Å². The van der Waals surface area contributed by atoms with Gasteiger partial charge in [0.2, 0.25) is 5.91 Å². The minimum atomic E-state index is 0.000193. The molecule has 1 fully saturated rings. The van der Waals surface area contributed by atoms with E-state index in [1.165, 1.54) is 6.92 Å². The number of nitrogens with zero attached hydrogens (tertiary/aromatic N) is 1. The van der Waals surface area contributed by atoms with Crippen molar-refractivity contribution >= 4 is 11.7 Å². The summed E-state index contributed by atoms with van der Waals surface area (Å²) < 4.78 is 5.35. The Morgan fingerprint density at radius 3 is 2.52 bits per heavy atom. The lowest BCUT2D eigenvalue weighted by molar-refractivity contribution is -0.131. The SMILES string of the molecule is COc1ccc(C(C)=O)cc1CC(=O)N(CCC(C)C)C1CC1. The second kappa shape index (κ2) is 7.62. The van der Waals surface area contributed by atoms with Gasteiger partial charge in [-0.15, -0.1) is 0 Å². The molecule has 0 unspecified atom stereocenters. The molecule has 0 N–H and O–H groups in total. The summed E-state index contributed by atoms with van der Waals surface area (Å²) in [5.41, 5.74) is 1.41. The number of rotatable bonds is 8. The van der Waals surface area contributed by atoms with Crippen molar-refractivity contribution in [3.63, 3.8) is 0 Å². The molecule has 1 aromatic carbocycles. The molecule has 4 nitrogen and oxygen atoms in total. The van der Waals surface area contributed by atoms with Crippen molar-refractivity contribution < 1.29 is 14.3 Å². The van der Waals surface area contributed by atoms with E-state index in [0.717, 1.165) is 31.4 Å². The molecule has 0 aromatic heterocycles. The summed E-state index contributed by atoms with van der Waals surface area (Å²) in [5, 5.41) is 0. The standard InChI is InChI=1S/C19H27NO3/c1-13(2)9-10-20(17-6-7-17)19(22)12-16-11-15(14(3)21)5-8-18(16)23-4/h5,8,11,13,17H,6-7,9-10,12H2,1-4H3. The maximum atomic E-state index is 12.7. The first-order valence-corrected chi connectivity index (χ1v) is 8.39. The van der Waals surface area contributed by atoms with Gasteiger partial charge in [-0.3, -0.25) is 9.59 Å². The molecule has 0 heterocycles. The van der Waals surface area contributed by atoms with Gasteiger partial charge in [0, 0.05) is 23.7 Å². The fourth-order valence-electron chi connectivity index (χ4n) is 2.69. The number of hydrogen-bond acceptors (Lipinski definition) is 3. The minimum absolute atomic E-state index is 0.000193. The van der Waals surface area contributed by atoms with Gasteiger partial charge in [0.25, 0.3) is 0 Å². The summed E-state index contributed by atoms with van der Waals surface area (Å²) in [4.78, 5) is 26.3. The van der Waals surface area contributed by atoms with Crippen LogP contribution in [0.3, 0.4) is 0 Å². The Balaban J connectivity index is 2.13. The fraction of sp³-hybridized carbons (Fsp3) is 0.579. The molecule has 4 heteroatoms. The molecule has 0 bridgehead atoms. The highest BCUT2D eigenvalue weighted by Gasteiger charge is 2.32. The molecule has 1 saturated carbocycles.